The van der Waals surface area contributed by atoms with Gasteiger partial charge in [-0.1, -0.05) is 6.92 Å². The molecular weight excluding hydrogens is 290 g/mol. The first-order chi connectivity index (χ1) is 11.1. The van der Waals surface area contributed by atoms with Gasteiger partial charge in [0.05, 0.1) is 0 Å². The zero-order valence-electron chi connectivity index (χ0n) is 14.1. The second-order valence-electron chi connectivity index (χ2n) is 6.74. The highest BCUT2D eigenvalue weighted by Gasteiger charge is 2.23. The van der Waals surface area contributed by atoms with E-state index in [1.54, 1.807) is 12.3 Å². The van der Waals surface area contributed by atoms with E-state index in [-0.39, 0.29) is 11.9 Å². The van der Waals surface area contributed by atoms with Crippen LogP contribution in [0.1, 0.15) is 23.7 Å². The highest BCUT2D eigenvalue weighted by molar-refractivity contribution is 5.95. The lowest BCUT2D eigenvalue weighted by atomic mass is 9.95. The largest absolute Gasteiger partial charge is 0.354 e. The van der Waals surface area contributed by atoms with Gasteiger partial charge >= 0.3 is 0 Å². The molecule has 0 bridgehead atoms. The van der Waals surface area contributed by atoms with E-state index in [1.165, 1.54) is 0 Å². The van der Waals surface area contributed by atoms with Crippen molar-refractivity contribution < 1.29 is 4.79 Å². The molecule has 0 saturated carbocycles. The fourth-order valence-electron chi connectivity index (χ4n) is 3.25. The maximum Gasteiger partial charge on any atom is 0.251 e. The van der Waals surface area contributed by atoms with Crippen LogP contribution >= 0.6 is 0 Å². The van der Waals surface area contributed by atoms with Crippen LogP contribution in [-0.2, 0) is 0 Å². The maximum absolute atomic E-state index is 12.6. The summed E-state index contributed by atoms with van der Waals surface area (Å²) in [4.78, 5) is 21.6. The topological polar surface area (TPSA) is 60.5 Å². The normalized spacial score (nSPS) is 26.1. The van der Waals surface area contributed by atoms with Crippen molar-refractivity contribution in [2.75, 3.05) is 51.2 Å². The van der Waals surface area contributed by atoms with Gasteiger partial charge in [-0.2, -0.15) is 0 Å². The molecule has 3 rings (SSSR count). The molecule has 2 saturated heterocycles. The third-order valence-electron chi connectivity index (χ3n) is 4.94. The molecular formula is C17H27N5O. The molecule has 0 spiro atoms. The van der Waals surface area contributed by atoms with Crippen LogP contribution in [0.25, 0.3) is 0 Å². The molecule has 2 aliphatic heterocycles. The number of carbonyl (C=O) groups is 1. The Labute approximate surface area is 138 Å². The van der Waals surface area contributed by atoms with Crippen LogP contribution in [0.5, 0.6) is 0 Å². The smallest absolute Gasteiger partial charge is 0.251 e. The molecule has 1 aromatic heterocycles. The third kappa shape index (κ3) is 4.00. The average molecular weight is 317 g/mol. The number of likely N-dealkylation sites (N-methyl/N-ethyl adjacent to an activating group) is 1. The van der Waals surface area contributed by atoms with E-state index < -0.39 is 0 Å². The standard InChI is InChI=1S/C17H27N5O/c1-13-12-18-5-4-15(13)20-17(23)14-3-6-19-16(11-14)22-9-7-21(2)8-10-22/h3,6,11,13,15,18H,4-5,7-10,12H2,1-2H3,(H,20,23). The minimum absolute atomic E-state index is 0.0153. The number of anilines is 1. The maximum atomic E-state index is 12.6. The number of hydrogen-bond acceptors (Lipinski definition) is 5. The van der Waals surface area contributed by atoms with Crippen molar-refractivity contribution in [1.29, 1.82) is 0 Å². The number of nitrogens with zero attached hydrogens (tertiary/aromatic N) is 3. The number of piperidine rings is 1. The van der Waals surface area contributed by atoms with Crippen LogP contribution in [0.15, 0.2) is 18.3 Å². The lowest BCUT2D eigenvalue weighted by Crippen LogP contribution is -2.48. The van der Waals surface area contributed by atoms with Crippen LogP contribution in [0.4, 0.5) is 5.82 Å². The Morgan fingerprint density at radius 1 is 1.35 bits per heavy atom. The Morgan fingerprint density at radius 3 is 2.87 bits per heavy atom. The Bertz CT molecular complexity index is 542. The zero-order valence-corrected chi connectivity index (χ0v) is 14.1. The number of hydrogen-bond donors (Lipinski definition) is 2. The number of nitrogens with one attached hydrogen (secondary N) is 2. The number of piperazine rings is 1. The summed E-state index contributed by atoms with van der Waals surface area (Å²) in [7, 11) is 2.13. The molecule has 6 nitrogen and oxygen atoms in total. The van der Waals surface area contributed by atoms with E-state index in [0.29, 0.717) is 11.5 Å². The summed E-state index contributed by atoms with van der Waals surface area (Å²) in [6, 6.07) is 3.98. The fraction of sp³-hybridized carbons (Fsp3) is 0.647. The molecule has 2 fully saturated rings. The summed E-state index contributed by atoms with van der Waals surface area (Å²) < 4.78 is 0. The number of rotatable bonds is 3. The van der Waals surface area contributed by atoms with Gasteiger partial charge in [-0.05, 0) is 44.6 Å². The van der Waals surface area contributed by atoms with Gasteiger partial charge in [-0.3, -0.25) is 4.79 Å². The number of pyridine rings is 1. The van der Waals surface area contributed by atoms with Gasteiger partial charge in [0.1, 0.15) is 5.82 Å². The first-order valence-electron chi connectivity index (χ1n) is 8.54. The lowest BCUT2D eigenvalue weighted by molar-refractivity contribution is 0.0914. The number of aromatic nitrogens is 1. The summed E-state index contributed by atoms with van der Waals surface area (Å²) >= 11 is 0. The predicted octanol–water partition coefficient (Wildman–Crippen LogP) is 0.561. The number of carbonyl (C=O) groups excluding carboxylic acids is 1. The molecule has 0 aromatic carbocycles. The van der Waals surface area contributed by atoms with E-state index in [0.717, 1.165) is 51.5 Å². The Kier molecular flexibility index (Phi) is 5.13. The van der Waals surface area contributed by atoms with Crippen LogP contribution in [-0.4, -0.2) is 68.1 Å². The summed E-state index contributed by atoms with van der Waals surface area (Å²) in [5, 5.41) is 6.55. The molecule has 2 N–H and O–H groups in total. The van der Waals surface area contributed by atoms with E-state index in [1.807, 2.05) is 6.07 Å². The van der Waals surface area contributed by atoms with Crippen molar-refractivity contribution in [2.45, 2.75) is 19.4 Å². The molecule has 23 heavy (non-hydrogen) atoms. The molecule has 2 unspecified atom stereocenters. The fourth-order valence-corrected chi connectivity index (χ4v) is 3.25. The minimum Gasteiger partial charge on any atom is -0.354 e. The van der Waals surface area contributed by atoms with Crippen LogP contribution < -0.4 is 15.5 Å². The molecule has 0 aliphatic carbocycles. The van der Waals surface area contributed by atoms with Gasteiger partial charge in [0.15, 0.2) is 0 Å². The summed E-state index contributed by atoms with van der Waals surface area (Å²) in [6.07, 6.45) is 2.73. The molecule has 0 radical (unpaired) electrons. The predicted molar refractivity (Wildman–Crippen MR) is 91.9 cm³/mol. The molecule has 126 valence electrons. The first-order valence-corrected chi connectivity index (χ1v) is 8.54. The van der Waals surface area contributed by atoms with E-state index in [4.69, 9.17) is 0 Å². The molecule has 6 heteroatoms. The van der Waals surface area contributed by atoms with Crippen molar-refractivity contribution in [2.24, 2.45) is 5.92 Å². The summed E-state index contributed by atoms with van der Waals surface area (Å²) in [5.41, 5.74) is 0.708. The third-order valence-corrected chi connectivity index (χ3v) is 4.94. The molecule has 2 atom stereocenters. The monoisotopic (exact) mass is 317 g/mol. The van der Waals surface area contributed by atoms with Crippen molar-refractivity contribution in [3.63, 3.8) is 0 Å². The Balaban J connectivity index is 1.65. The summed E-state index contributed by atoms with van der Waals surface area (Å²) in [6.45, 7) is 8.10. The average Bonchev–Trinajstić information content (AvgIpc) is 2.58. The second kappa shape index (κ2) is 7.27. The lowest BCUT2D eigenvalue weighted by Gasteiger charge is -2.33. The minimum atomic E-state index is 0.0153. The SMILES string of the molecule is CC1CNCCC1NC(=O)c1ccnc(N2CCN(C)CC2)c1. The second-order valence-corrected chi connectivity index (χ2v) is 6.74. The molecule has 3 heterocycles. The van der Waals surface area contributed by atoms with E-state index in [2.05, 4.69) is 39.4 Å². The highest BCUT2D eigenvalue weighted by atomic mass is 16.1. The zero-order chi connectivity index (χ0) is 16.2. The van der Waals surface area contributed by atoms with Crippen LogP contribution in [0, 0.1) is 5.92 Å². The van der Waals surface area contributed by atoms with Gasteiger partial charge in [0.2, 0.25) is 0 Å². The van der Waals surface area contributed by atoms with Crippen LogP contribution in [0.3, 0.4) is 0 Å². The van der Waals surface area contributed by atoms with Gasteiger partial charge in [0.25, 0.3) is 5.91 Å². The van der Waals surface area contributed by atoms with Crippen molar-refractivity contribution in [3.05, 3.63) is 23.9 Å². The van der Waals surface area contributed by atoms with Crippen molar-refractivity contribution in [1.82, 2.24) is 20.5 Å². The highest BCUT2D eigenvalue weighted by Crippen LogP contribution is 2.16. The Morgan fingerprint density at radius 2 is 2.13 bits per heavy atom. The number of amides is 1. The van der Waals surface area contributed by atoms with E-state index in [9.17, 15) is 4.79 Å². The summed E-state index contributed by atoms with van der Waals surface area (Å²) in [5.74, 6) is 1.39. The van der Waals surface area contributed by atoms with E-state index >= 15 is 0 Å². The van der Waals surface area contributed by atoms with Gasteiger partial charge < -0.3 is 20.4 Å². The quantitative estimate of drug-likeness (QED) is 0.853. The molecule has 1 aromatic rings. The molecule has 2 aliphatic rings. The molecule has 1 amide bonds. The van der Waals surface area contributed by atoms with Crippen molar-refractivity contribution >= 4 is 11.7 Å². The first kappa shape index (κ1) is 16.2. The van der Waals surface area contributed by atoms with Crippen molar-refractivity contribution in [3.8, 4) is 0 Å². The Hall–Kier alpha value is -1.66. The van der Waals surface area contributed by atoms with Gasteiger partial charge in [0, 0.05) is 44.0 Å². The van der Waals surface area contributed by atoms with Gasteiger partial charge in [-0.15, -0.1) is 0 Å². The van der Waals surface area contributed by atoms with Gasteiger partial charge in [-0.25, -0.2) is 4.98 Å². The van der Waals surface area contributed by atoms with Crippen LogP contribution in [0.2, 0.25) is 0 Å².